The maximum atomic E-state index is 9.40. The van der Waals surface area contributed by atoms with E-state index in [-0.39, 0.29) is 6.61 Å². The number of benzene rings is 1. The van der Waals surface area contributed by atoms with E-state index in [4.69, 9.17) is 4.74 Å². The van der Waals surface area contributed by atoms with E-state index < -0.39 is 0 Å². The molecule has 1 aliphatic rings. The van der Waals surface area contributed by atoms with Gasteiger partial charge in [0.2, 0.25) is 0 Å². The number of hydrogen-bond donors (Lipinski definition) is 1. The van der Waals surface area contributed by atoms with Gasteiger partial charge in [-0.1, -0.05) is 18.2 Å². The molecule has 1 aliphatic heterocycles. The minimum Gasteiger partial charge on any atom is -0.494 e. The molecule has 124 valence electrons. The van der Waals surface area contributed by atoms with Gasteiger partial charge in [0.15, 0.2) is 0 Å². The lowest BCUT2D eigenvalue weighted by molar-refractivity contribution is 0.0384. The normalized spacial score (nSPS) is 20.5. The molecule has 1 aromatic carbocycles. The topological polar surface area (TPSA) is 35.9 Å². The fraction of sp³-hybridized carbons (Fsp3) is 0.667. The van der Waals surface area contributed by atoms with Crippen LogP contribution in [0, 0.1) is 0 Å². The Morgan fingerprint density at radius 2 is 2.05 bits per heavy atom. The summed E-state index contributed by atoms with van der Waals surface area (Å²) in [7, 11) is 0. The molecule has 1 aromatic rings. The summed E-state index contributed by atoms with van der Waals surface area (Å²) in [6.07, 6.45) is 0.833. The Labute approximate surface area is 134 Å². The van der Waals surface area contributed by atoms with E-state index in [0.717, 1.165) is 38.3 Å². The van der Waals surface area contributed by atoms with Crippen molar-refractivity contribution in [3.8, 4) is 5.75 Å². The SMILES string of the molecule is CCOc1ccccc1CN1CCN(C(C)C)CC1CCO. The zero-order valence-electron chi connectivity index (χ0n) is 14.2. The molecule has 0 amide bonds. The quantitative estimate of drug-likeness (QED) is 0.839. The molecule has 1 N–H and O–H groups in total. The first-order valence-corrected chi connectivity index (χ1v) is 8.45. The van der Waals surface area contributed by atoms with Gasteiger partial charge < -0.3 is 9.84 Å². The van der Waals surface area contributed by atoms with Crippen LogP contribution in [0.3, 0.4) is 0 Å². The second-order valence-electron chi connectivity index (χ2n) is 6.27. The summed E-state index contributed by atoms with van der Waals surface area (Å²) in [4.78, 5) is 5.00. The van der Waals surface area contributed by atoms with Crippen LogP contribution in [0.1, 0.15) is 32.8 Å². The molecule has 4 heteroatoms. The molecule has 0 aliphatic carbocycles. The summed E-state index contributed by atoms with van der Waals surface area (Å²) < 4.78 is 5.75. The molecule has 0 radical (unpaired) electrons. The lowest BCUT2D eigenvalue weighted by Gasteiger charge is -2.43. The van der Waals surface area contributed by atoms with Crippen molar-refractivity contribution in [1.82, 2.24) is 9.80 Å². The second-order valence-corrected chi connectivity index (χ2v) is 6.27. The third kappa shape index (κ3) is 4.45. The summed E-state index contributed by atoms with van der Waals surface area (Å²) in [5, 5.41) is 9.40. The summed E-state index contributed by atoms with van der Waals surface area (Å²) in [5.74, 6) is 0.985. The fourth-order valence-electron chi connectivity index (χ4n) is 3.17. The van der Waals surface area contributed by atoms with Gasteiger partial charge >= 0.3 is 0 Å². The first-order chi connectivity index (χ1) is 10.7. The third-order valence-electron chi connectivity index (χ3n) is 4.47. The fourth-order valence-corrected chi connectivity index (χ4v) is 3.17. The first kappa shape index (κ1) is 17.3. The summed E-state index contributed by atoms with van der Waals surface area (Å²) in [6, 6.07) is 9.27. The zero-order valence-corrected chi connectivity index (χ0v) is 14.2. The van der Waals surface area contributed by atoms with Gasteiger partial charge in [-0.05, 0) is 33.3 Å². The number of rotatable bonds is 7. The highest BCUT2D eigenvalue weighted by Gasteiger charge is 2.28. The van der Waals surface area contributed by atoms with Crippen LogP contribution in [-0.4, -0.2) is 59.8 Å². The first-order valence-electron chi connectivity index (χ1n) is 8.45. The molecule has 1 unspecified atom stereocenters. The van der Waals surface area contributed by atoms with Crippen LogP contribution in [0.25, 0.3) is 0 Å². The van der Waals surface area contributed by atoms with Gasteiger partial charge in [0.05, 0.1) is 6.61 Å². The highest BCUT2D eigenvalue weighted by atomic mass is 16.5. The molecule has 0 aromatic heterocycles. The van der Waals surface area contributed by atoms with Gasteiger partial charge in [0.25, 0.3) is 0 Å². The van der Waals surface area contributed by atoms with Crippen LogP contribution in [0.5, 0.6) is 5.75 Å². The number of nitrogens with zero attached hydrogens (tertiary/aromatic N) is 2. The van der Waals surface area contributed by atoms with E-state index in [0.29, 0.717) is 18.7 Å². The second kappa shape index (κ2) is 8.51. The maximum Gasteiger partial charge on any atom is 0.123 e. The summed E-state index contributed by atoms with van der Waals surface area (Å²) in [5.41, 5.74) is 1.24. The number of aliphatic hydroxyl groups is 1. The van der Waals surface area contributed by atoms with Crippen molar-refractivity contribution >= 4 is 0 Å². The third-order valence-corrected chi connectivity index (χ3v) is 4.47. The van der Waals surface area contributed by atoms with Crippen molar-refractivity contribution < 1.29 is 9.84 Å². The minimum atomic E-state index is 0.250. The number of piperazine rings is 1. The molecule has 1 heterocycles. The molecule has 2 rings (SSSR count). The van der Waals surface area contributed by atoms with Gasteiger partial charge in [-0.2, -0.15) is 0 Å². The molecule has 0 bridgehead atoms. The van der Waals surface area contributed by atoms with Crippen LogP contribution in [0.2, 0.25) is 0 Å². The minimum absolute atomic E-state index is 0.250. The lowest BCUT2D eigenvalue weighted by atomic mass is 10.1. The van der Waals surface area contributed by atoms with Crippen LogP contribution in [0.15, 0.2) is 24.3 Å². The highest BCUT2D eigenvalue weighted by Crippen LogP contribution is 2.23. The Hall–Kier alpha value is -1.10. The van der Waals surface area contributed by atoms with Gasteiger partial charge in [-0.25, -0.2) is 0 Å². The van der Waals surface area contributed by atoms with Crippen molar-refractivity contribution in [2.45, 2.75) is 45.8 Å². The number of hydrogen-bond acceptors (Lipinski definition) is 4. The van der Waals surface area contributed by atoms with Crippen LogP contribution < -0.4 is 4.74 Å². The van der Waals surface area contributed by atoms with Crippen molar-refractivity contribution in [3.63, 3.8) is 0 Å². The van der Waals surface area contributed by atoms with Crippen molar-refractivity contribution in [3.05, 3.63) is 29.8 Å². The molecular weight excluding hydrogens is 276 g/mol. The summed E-state index contributed by atoms with van der Waals surface area (Å²) >= 11 is 0. The van der Waals surface area contributed by atoms with E-state index in [1.165, 1.54) is 5.56 Å². The average Bonchev–Trinajstić information content (AvgIpc) is 2.51. The van der Waals surface area contributed by atoms with Crippen LogP contribution in [-0.2, 0) is 6.54 Å². The Morgan fingerprint density at radius 1 is 1.27 bits per heavy atom. The summed E-state index contributed by atoms with van der Waals surface area (Å²) in [6.45, 7) is 11.5. The van der Waals surface area contributed by atoms with E-state index in [9.17, 15) is 5.11 Å². The zero-order chi connectivity index (χ0) is 15.9. The molecule has 0 saturated carbocycles. The molecule has 1 atom stereocenters. The van der Waals surface area contributed by atoms with Gasteiger partial charge in [-0.3, -0.25) is 9.80 Å². The Kier molecular flexibility index (Phi) is 6.68. The Morgan fingerprint density at radius 3 is 2.73 bits per heavy atom. The average molecular weight is 306 g/mol. The maximum absolute atomic E-state index is 9.40. The Bertz CT molecular complexity index is 450. The van der Waals surface area contributed by atoms with Crippen LogP contribution in [0.4, 0.5) is 0 Å². The standard InChI is InChI=1S/C18H30N2O2/c1-4-22-18-8-6-5-7-16(18)13-20-11-10-19(15(2)3)14-17(20)9-12-21/h5-8,15,17,21H,4,9-14H2,1-3H3. The molecule has 22 heavy (non-hydrogen) atoms. The molecular formula is C18H30N2O2. The lowest BCUT2D eigenvalue weighted by Crippen LogP contribution is -2.54. The molecule has 0 spiro atoms. The highest BCUT2D eigenvalue weighted by molar-refractivity contribution is 5.33. The molecule has 1 fully saturated rings. The van der Waals surface area contributed by atoms with E-state index in [1.807, 2.05) is 19.1 Å². The molecule has 4 nitrogen and oxygen atoms in total. The van der Waals surface area contributed by atoms with E-state index in [2.05, 4.69) is 35.8 Å². The van der Waals surface area contributed by atoms with E-state index >= 15 is 0 Å². The number of para-hydroxylation sites is 1. The monoisotopic (exact) mass is 306 g/mol. The number of ether oxygens (including phenoxy) is 1. The predicted octanol–water partition coefficient (Wildman–Crippen LogP) is 2.36. The molecule has 1 saturated heterocycles. The van der Waals surface area contributed by atoms with Gasteiger partial charge in [0.1, 0.15) is 5.75 Å². The van der Waals surface area contributed by atoms with Crippen molar-refractivity contribution in [1.29, 1.82) is 0 Å². The van der Waals surface area contributed by atoms with Crippen LogP contribution >= 0.6 is 0 Å². The Balaban J connectivity index is 2.07. The number of aliphatic hydroxyl groups excluding tert-OH is 1. The van der Waals surface area contributed by atoms with E-state index in [1.54, 1.807) is 0 Å². The van der Waals surface area contributed by atoms with Gasteiger partial charge in [-0.15, -0.1) is 0 Å². The van der Waals surface area contributed by atoms with Crippen molar-refractivity contribution in [2.75, 3.05) is 32.8 Å². The van der Waals surface area contributed by atoms with Crippen molar-refractivity contribution in [2.24, 2.45) is 0 Å². The predicted molar refractivity (Wildman–Crippen MR) is 90.2 cm³/mol. The van der Waals surface area contributed by atoms with Gasteiger partial charge in [0, 0.05) is 50.4 Å². The largest absolute Gasteiger partial charge is 0.494 e. The smallest absolute Gasteiger partial charge is 0.123 e.